The molecule has 0 saturated carbocycles. The van der Waals surface area contributed by atoms with Crippen molar-refractivity contribution < 1.29 is 62.6 Å². The second kappa shape index (κ2) is 45.8. The lowest BCUT2D eigenvalue weighted by molar-refractivity contribution is -0.138. The number of unbranched alkanes of at least 4 members (excludes halogenated alkanes) is 2. The van der Waals surface area contributed by atoms with Crippen LogP contribution < -0.4 is 122 Å². The summed E-state index contributed by atoms with van der Waals surface area (Å²) in [4.78, 5) is 177. The zero-order chi connectivity index (χ0) is 69.2. The predicted molar refractivity (Wildman–Crippen MR) is 337 cm³/mol. The van der Waals surface area contributed by atoms with Gasteiger partial charge in [0.2, 0.25) is 65.0 Å². The number of nitrogens with zero attached hydrogens (tertiary/aromatic N) is 4. The van der Waals surface area contributed by atoms with Gasteiger partial charge in [-0.05, 0) is 115 Å². The molecular formula is C52H100N26O13. The molecule has 0 spiro atoms. The molecule has 0 aliphatic carbocycles. The molecule has 9 atom stereocenters. The number of aliphatic carboxylic acids is 1. The van der Waals surface area contributed by atoms with Crippen LogP contribution in [-0.4, -0.2) is 200 Å². The van der Waals surface area contributed by atoms with Crippen LogP contribution >= 0.6 is 0 Å². The van der Waals surface area contributed by atoms with Crippen LogP contribution in [0.15, 0.2) is 20.0 Å². The lowest BCUT2D eigenvalue weighted by Crippen LogP contribution is -2.61. The number of aliphatic imine (C=N–C) groups is 4. The number of hydrogen-bond acceptors (Lipinski definition) is 19. The first-order chi connectivity index (χ1) is 42.8. The first kappa shape index (κ1) is 81.6. The van der Waals surface area contributed by atoms with E-state index in [1.807, 2.05) is 0 Å². The number of primary amides is 2. The molecule has 0 aliphatic rings. The number of amides is 11. The normalized spacial score (nSPS) is 13.8. The fourth-order valence-corrected chi connectivity index (χ4v) is 8.43. The Hall–Kier alpha value is -9.40. The highest BCUT2D eigenvalue weighted by Gasteiger charge is 2.36. The molecule has 0 radical (unpaired) electrons. The van der Waals surface area contributed by atoms with Crippen molar-refractivity contribution in [1.82, 2.24) is 47.9 Å². The van der Waals surface area contributed by atoms with E-state index in [9.17, 15) is 62.6 Å². The molecule has 0 aromatic carbocycles. The molecule has 0 aliphatic heterocycles. The van der Waals surface area contributed by atoms with Gasteiger partial charge in [-0.1, -0.05) is 13.8 Å². The number of hydrogen-bond donors (Lipinski definition) is 23. The largest absolute Gasteiger partial charge is 0.480 e. The van der Waals surface area contributed by atoms with Crippen molar-refractivity contribution in [1.29, 1.82) is 0 Å². The SMILES string of the molecule is CC(C)[C@H](NC(=O)[C@@H](N)CCC(N)=O)C(=O)N[C@@H](CCCN=C(N)N)C(=O)N[C@@H](CCCCN)C(=O)N[C@@H](CC(N)=O)C(=O)N[C@@H](CCCCN)C(=O)N[C@@H](CCCN=C(N)N)C(=O)N[C@@H](CCCN=C(N)N)C(=O)N[C@@H](CCCN=C(N)N)C(=O)NCC(=O)O. The standard InChI is InChI=1S/C52H100N26O13/c1-27(2)39(78-40(83)28(55)17-18-36(56)79)48(91)76-34(16-10-24-69-52(64)65)45(88)72-31(12-4-6-20-54)46(89)77-35(25-37(57)80)47(90)75-30(11-3-5-19-53)42(85)73-33(15-9-23-68-51(62)63)44(87)74-32(14-8-22-67-50(60)61)43(86)71-29(13-7-21-66-49(58)59)41(84)70-26-38(81)82/h27-35,39H,3-26,53-55H2,1-2H3,(H2,56,79)(H2,57,80)(H,70,84)(H,71,86)(H,72,88)(H,73,85)(H,74,87)(H,75,90)(H,76,91)(H,77,89)(H,78,83)(H,81,82)(H4,58,59,66)(H4,60,61,67)(H4,62,63,68)(H4,64,65,69)/t28-,29-,30-,31-,32-,33-,34-,35-,39-/m0/s1. The Morgan fingerprint density at radius 2 is 0.659 bits per heavy atom. The third-order valence-corrected chi connectivity index (χ3v) is 13.2. The highest BCUT2D eigenvalue weighted by Crippen LogP contribution is 2.12. The molecule has 0 saturated heterocycles. The van der Waals surface area contributed by atoms with Crippen LogP contribution in [0.2, 0.25) is 0 Å². The molecule has 39 nitrogen and oxygen atoms in total. The van der Waals surface area contributed by atoms with Crippen molar-refractivity contribution in [2.45, 2.75) is 177 Å². The van der Waals surface area contributed by atoms with E-state index in [0.717, 1.165) is 0 Å². The molecule has 516 valence electrons. The summed E-state index contributed by atoms with van der Waals surface area (Å²) in [5, 5.41) is 31.8. The second-order valence-electron chi connectivity index (χ2n) is 21.4. The van der Waals surface area contributed by atoms with Gasteiger partial charge in [0.15, 0.2) is 23.8 Å². The number of carboxylic acid groups (broad SMARTS) is 1. The van der Waals surface area contributed by atoms with Crippen LogP contribution in [0.1, 0.15) is 123 Å². The third-order valence-electron chi connectivity index (χ3n) is 13.2. The van der Waals surface area contributed by atoms with Crippen LogP contribution in [0, 0.1) is 5.92 Å². The summed E-state index contributed by atoms with van der Waals surface area (Å²) in [6.45, 7) is 2.66. The summed E-state index contributed by atoms with van der Waals surface area (Å²) < 4.78 is 0. The molecule has 0 bridgehead atoms. The second-order valence-corrected chi connectivity index (χ2v) is 21.4. The molecule has 0 rings (SSSR count). The molecule has 11 amide bonds. The minimum absolute atomic E-state index is 0.000452. The van der Waals surface area contributed by atoms with Gasteiger partial charge in [0.25, 0.3) is 0 Å². The average Bonchev–Trinajstić information content (AvgIpc) is 3.65. The topological polar surface area (TPSA) is 721 Å². The Labute approximate surface area is 527 Å². The van der Waals surface area contributed by atoms with Crippen LogP contribution in [0.5, 0.6) is 0 Å². The molecule has 0 aromatic rings. The summed E-state index contributed by atoms with van der Waals surface area (Å²) >= 11 is 0. The fourth-order valence-electron chi connectivity index (χ4n) is 8.43. The number of carbonyl (C=O) groups excluding carboxylic acids is 11. The predicted octanol–water partition coefficient (Wildman–Crippen LogP) is -10.3. The highest BCUT2D eigenvalue weighted by molar-refractivity contribution is 5.99. The van der Waals surface area contributed by atoms with Gasteiger partial charge in [-0.25, -0.2) is 0 Å². The van der Waals surface area contributed by atoms with Crippen molar-refractivity contribution in [3.63, 3.8) is 0 Å². The maximum Gasteiger partial charge on any atom is 0.322 e. The van der Waals surface area contributed by atoms with Gasteiger partial charge in [0.1, 0.15) is 54.9 Å². The molecule has 0 aromatic heterocycles. The van der Waals surface area contributed by atoms with E-state index in [1.54, 1.807) is 13.8 Å². The van der Waals surface area contributed by atoms with Gasteiger partial charge in [-0.15, -0.1) is 0 Å². The number of nitrogens with two attached hydrogens (primary N) is 13. The smallest absolute Gasteiger partial charge is 0.322 e. The molecular weight excluding hydrogens is 1200 g/mol. The van der Waals surface area contributed by atoms with Gasteiger partial charge in [-0.3, -0.25) is 77.5 Å². The van der Waals surface area contributed by atoms with Gasteiger partial charge >= 0.3 is 5.97 Å². The van der Waals surface area contributed by atoms with Crippen molar-refractivity contribution in [2.24, 2.45) is 100 Å². The fraction of sp³-hybridized carbons (Fsp3) is 0.692. The summed E-state index contributed by atoms with van der Waals surface area (Å²) in [6, 6.07) is -13.1. The Bertz CT molecular complexity index is 2500. The Morgan fingerprint density at radius 1 is 0.363 bits per heavy atom. The minimum Gasteiger partial charge on any atom is -0.480 e. The van der Waals surface area contributed by atoms with E-state index in [4.69, 9.17) is 74.5 Å². The molecule has 0 heterocycles. The van der Waals surface area contributed by atoms with Crippen LogP contribution in [0.3, 0.4) is 0 Å². The number of carboxylic acids is 1. The van der Waals surface area contributed by atoms with Crippen molar-refractivity contribution in [2.75, 3.05) is 45.8 Å². The first-order valence-electron chi connectivity index (χ1n) is 29.7. The van der Waals surface area contributed by atoms with Gasteiger partial charge in [0, 0.05) is 32.6 Å². The number of rotatable bonds is 49. The van der Waals surface area contributed by atoms with Crippen molar-refractivity contribution >= 4 is 94.8 Å². The Morgan fingerprint density at radius 3 is 0.945 bits per heavy atom. The average molecular weight is 1300 g/mol. The molecule has 39 heteroatoms. The number of nitrogens with one attached hydrogen (secondary N) is 9. The van der Waals surface area contributed by atoms with E-state index < -0.39 is 144 Å². The summed E-state index contributed by atoms with van der Waals surface area (Å²) in [5.74, 6) is -13.3. The highest BCUT2D eigenvalue weighted by atomic mass is 16.4. The van der Waals surface area contributed by atoms with E-state index in [-0.39, 0.29) is 153 Å². The molecule has 0 unspecified atom stereocenters. The van der Waals surface area contributed by atoms with E-state index in [1.165, 1.54) is 0 Å². The quantitative estimate of drug-likeness (QED) is 0.0153. The monoisotopic (exact) mass is 1300 g/mol. The summed E-state index contributed by atoms with van der Waals surface area (Å²) in [7, 11) is 0. The Kier molecular flexibility index (Phi) is 41.1. The zero-order valence-electron chi connectivity index (χ0n) is 51.9. The van der Waals surface area contributed by atoms with Crippen LogP contribution in [0.4, 0.5) is 0 Å². The zero-order valence-corrected chi connectivity index (χ0v) is 51.9. The van der Waals surface area contributed by atoms with Gasteiger partial charge in [0.05, 0.1) is 12.5 Å². The van der Waals surface area contributed by atoms with Gasteiger partial charge in [-0.2, -0.15) is 0 Å². The molecule has 36 N–H and O–H groups in total. The third kappa shape index (κ3) is 37.9. The molecule has 91 heavy (non-hydrogen) atoms. The van der Waals surface area contributed by atoms with Crippen molar-refractivity contribution in [3.05, 3.63) is 0 Å². The van der Waals surface area contributed by atoms with Gasteiger partial charge < -0.3 is 127 Å². The number of guanidine groups is 4. The van der Waals surface area contributed by atoms with Crippen molar-refractivity contribution in [3.8, 4) is 0 Å². The number of carbonyl (C=O) groups is 12. The first-order valence-corrected chi connectivity index (χ1v) is 29.7. The van der Waals surface area contributed by atoms with E-state index in [0.29, 0.717) is 12.8 Å². The minimum atomic E-state index is -1.82. The van der Waals surface area contributed by atoms with Crippen LogP contribution in [0.25, 0.3) is 0 Å². The van der Waals surface area contributed by atoms with E-state index >= 15 is 0 Å². The Balaban J connectivity index is 7.29. The maximum atomic E-state index is 14.5. The lowest BCUT2D eigenvalue weighted by atomic mass is 10.0. The molecule has 0 fully saturated rings. The lowest BCUT2D eigenvalue weighted by Gasteiger charge is -2.28. The van der Waals surface area contributed by atoms with E-state index in [2.05, 4.69) is 67.8 Å². The maximum absolute atomic E-state index is 14.5. The van der Waals surface area contributed by atoms with Crippen LogP contribution in [-0.2, 0) is 57.5 Å². The summed E-state index contributed by atoms with van der Waals surface area (Å²) in [5.41, 5.74) is 72.2. The summed E-state index contributed by atoms with van der Waals surface area (Å²) in [6.07, 6.45) is -0.605.